The van der Waals surface area contributed by atoms with Gasteiger partial charge in [0.25, 0.3) is 8.32 Å². The van der Waals surface area contributed by atoms with Gasteiger partial charge in [-0.3, -0.25) is 0 Å². The number of rotatable bonds is 5. The monoisotopic (exact) mass is 322 g/mol. The number of hydrogen-bond donors (Lipinski definition) is 0. The third-order valence-corrected chi connectivity index (χ3v) is 10.0. The maximum absolute atomic E-state index is 13.9. The van der Waals surface area contributed by atoms with Crippen LogP contribution >= 0.6 is 0 Å². The molecule has 0 amide bonds. The smallest absolute Gasteiger partial charge is 0.259 e. The van der Waals surface area contributed by atoms with Gasteiger partial charge >= 0.3 is 0 Å². The van der Waals surface area contributed by atoms with Gasteiger partial charge in [0.2, 0.25) is 5.82 Å². The van der Waals surface area contributed by atoms with Gasteiger partial charge in [-0.1, -0.05) is 41.5 Å². The predicted octanol–water partition coefficient (Wildman–Crippen LogP) is 5.80. The predicted molar refractivity (Wildman–Crippen MR) is 78.0 cm³/mol. The van der Waals surface area contributed by atoms with Crippen LogP contribution in [-0.2, 0) is 0 Å². The summed E-state index contributed by atoms with van der Waals surface area (Å²) in [4.78, 5) is 0. The topological polar surface area (TPSA) is 9.23 Å². The zero-order valence-electron chi connectivity index (χ0n) is 13.2. The molecule has 0 spiro atoms. The first-order chi connectivity index (χ1) is 9.55. The fraction of sp³-hybridized carbons (Fsp3) is 0.600. The van der Waals surface area contributed by atoms with Crippen molar-refractivity contribution in [3.8, 4) is 5.75 Å². The maximum atomic E-state index is 13.9. The zero-order valence-corrected chi connectivity index (χ0v) is 14.2. The van der Waals surface area contributed by atoms with Crippen LogP contribution in [0.3, 0.4) is 0 Å². The lowest BCUT2D eigenvalue weighted by Crippen LogP contribution is -2.51. The Kier molecular flexibility index (Phi) is 5.47. The molecule has 0 aromatic heterocycles. The molecule has 0 heterocycles. The highest BCUT2D eigenvalue weighted by Gasteiger charge is 2.48. The van der Waals surface area contributed by atoms with Crippen molar-refractivity contribution in [2.24, 2.45) is 0 Å². The first-order valence-corrected chi connectivity index (χ1v) is 9.21. The standard InChI is InChI=1S/C15H22F4OSi/c1-8(2)21(9(3)4,10(5)6)20-15-12(17)7-11(16)13(18)14(15)19/h7-10H,1-6H3. The van der Waals surface area contributed by atoms with E-state index in [2.05, 4.69) is 0 Å². The van der Waals surface area contributed by atoms with Gasteiger partial charge in [0.15, 0.2) is 23.2 Å². The highest BCUT2D eigenvalue weighted by atomic mass is 28.4. The van der Waals surface area contributed by atoms with Crippen molar-refractivity contribution in [1.29, 1.82) is 0 Å². The van der Waals surface area contributed by atoms with E-state index in [4.69, 9.17) is 4.43 Å². The SMILES string of the molecule is CC(C)[Si](Oc1c(F)cc(F)c(F)c1F)(C(C)C)C(C)C. The molecular weight excluding hydrogens is 300 g/mol. The van der Waals surface area contributed by atoms with Crippen molar-refractivity contribution in [3.05, 3.63) is 29.3 Å². The van der Waals surface area contributed by atoms with Crippen LogP contribution < -0.4 is 4.43 Å². The molecule has 0 aliphatic carbocycles. The lowest BCUT2D eigenvalue weighted by molar-refractivity contribution is 0.374. The zero-order chi connectivity index (χ0) is 16.5. The minimum absolute atomic E-state index is 0.0596. The first kappa shape index (κ1) is 18.0. The van der Waals surface area contributed by atoms with Gasteiger partial charge in [0.1, 0.15) is 0 Å². The van der Waals surface area contributed by atoms with E-state index >= 15 is 0 Å². The van der Waals surface area contributed by atoms with Crippen LogP contribution in [-0.4, -0.2) is 8.32 Å². The molecule has 0 aliphatic rings. The van der Waals surface area contributed by atoms with Crippen LogP contribution in [0.2, 0.25) is 16.6 Å². The van der Waals surface area contributed by atoms with Gasteiger partial charge in [-0.25, -0.2) is 13.2 Å². The Bertz CT molecular complexity index is 493. The minimum atomic E-state index is -2.64. The molecule has 0 saturated heterocycles. The average Bonchev–Trinajstić information content (AvgIpc) is 2.35. The Morgan fingerprint density at radius 2 is 1.19 bits per heavy atom. The molecule has 6 heteroatoms. The van der Waals surface area contributed by atoms with Crippen molar-refractivity contribution in [3.63, 3.8) is 0 Å². The summed E-state index contributed by atoms with van der Waals surface area (Å²) in [5.74, 6) is -6.85. The second-order valence-corrected chi connectivity index (χ2v) is 11.6. The highest BCUT2D eigenvalue weighted by molar-refractivity contribution is 6.78. The van der Waals surface area contributed by atoms with E-state index < -0.39 is 37.3 Å². The van der Waals surface area contributed by atoms with E-state index in [1.165, 1.54) is 0 Å². The summed E-state index contributed by atoms with van der Waals surface area (Å²) in [5.41, 5.74) is 0.179. The molecule has 0 atom stereocenters. The van der Waals surface area contributed by atoms with Crippen LogP contribution in [0.15, 0.2) is 6.07 Å². The van der Waals surface area contributed by atoms with E-state index in [-0.39, 0.29) is 16.6 Å². The molecule has 120 valence electrons. The van der Waals surface area contributed by atoms with E-state index in [0.29, 0.717) is 6.07 Å². The average molecular weight is 322 g/mol. The fourth-order valence-corrected chi connectivity index (χ4v) is 8.42. The first-order valence-electron chi connectivity index (χ1n) is 7.07. The van der Waals surface area contributed by atoms with Gasteiger partial charge in [-0.2, -0.15) is 4.39 Å². The molecule has 0 radical (unpaired) electrons. The normalized spacial score (nSPS) is 12.6. The Morgan fingerprint density at radius 3 is 1.57 bits per heavy atom. The molecule has 0 N–H and O–H groups in total. The van der Waals surface area contributed by atoms with Crippen LogP contribution in [0.5, 0.6) is 5.75 Å². The van der Waals surface area contributed by atoms with Gasteiger partial charge < -0.3 is 4.43 Å². The third-order valence-electron chi connectivity index (χ3n) is 4.06. The van der Waals surface area contributed by atoms with Crippen molar-refractivity contribution >= 4 is 8.32 Å². The molecule has 0 aliphatic heterocycles. The second-order valence-electron chi connectivity index (χ2n) is 6.22. The number of benzene rings is 1. The van der Waals surface area contributed by atoms with Crippen LogP contribution in [0, 0.1) is 23.3 Å². The molecule has 1 aromatic carbocycles. The maximum Gasteiger partial charge on any atom is 0.259 e. The molecule has 0 bridgehead atoms. The summed E-state index contributed by atoms with van der Waals surface area (Å²) in [7, 11) is -2.64. The highest BCUT2D eigenvalue weighted by Crippen LogP contribution is 2.44. The van der Waals surface area contributed by atoms with E-state index in [0.717, 1.165) is 0 Å². The van der Waals surface area contributed by atoms with Gasteiger partial charge in [-0.05, 0) is 16.6 Å². The summed E-state index contributed by atoms with van der Waals surface area (Å²) in [6.45, 7) is 11.6. The van der Waals surface area contributed by atoms with E-state index in [9.17, 15) is 17.6 Å². The molecule has 1 rings (SSSR count). The summed E-state index contributed by atoms with van der Waals surface area (Å²) in [5, 5.41) is 0. The largest absolute Gasteiger partial charge is 0.539 e. The molecule has 1 aromatic rings. The van der Waals surface area contributed by atoms with Gasteiger partial charge in [0, 0.05) is 6.07 Å². The van der Waals surface area contributed by atoms with Crippen molar-refractivity contribution in [2.75, 3.05) is 0 Å². The quantitative estimate of drug-likeness (QED) is 0.288. The summed E-state index contributed by atoms with van der Waals surface area (Å²) in [6, 6.07) is 0.327. The molecule has 0 unspecified atom stereocenters. The Morgan fingerprint density at radius 1 is 0.762 bits per heavy atom. The molecule has 0 saturated carbocycles. The van der Waals surface area contributed by atoms with Crippen molar-refractivity contribution in [2.45, 2.75) is 58.2 Å². The minimum Gasteiger partial charge on any atom is -0.539 e. The number of hydrogen-bond acceptors (Lipinski definition) is 1. The van der Waals surface area contributed by atoms with Crippen molar-refractivity contribution < 1.29 is 22.0 Å². The van der Waals surface area contributed by atoms with E-state index in [1.807, 2.05) is 41.5 Å². The summed E-state index contributed by atoms with van der Waals surface area (Å²) in [6.07, 6.45) is 0. The molecule has 0 fully saturated rings. The van der Waals surface area contributed by atoms with E-state index in [1.54, 1.807) is 0 Å². The molecular formula is C15H22F4OSi. The fourth-order valence-electron chi connectivity index (χ4n) is 3.17. The molecule has 1 nitrogen and oxygen atoms in total. The van der Waals surface area contributed by atoms with Crippen LogP contribution in [0.4, 0.5) is 17.6 Å². The van der Waals surface area contributed by atoms with Crippen LogP contribution in [0.1, 0.15) is 41.5 Å². The second kappa shape index (κ2) is 6.38. The van der Waals surface area contributed by atoms with Crippen LogP contribution in [0.25, 0.3) is 0 Å². The van der Waals surface area contributed by atoms with Crippen molar-refractivity contribution in [1.82, 2.24) is 0 Å². The lowest BCUT2D eigenvalue weighted by Gasteiger charge is -2.42. The third kappa shape index (κ3) is 3.10. The Balaban J connectivity index is 3.45. The van der Waals surface area contributed by atoms with Gasteiger partial charge in [-0.15, -0.1) is 0 Å². The lowest BCUT2D eigenvalue weighted by atomic mass is 10.3. The Labute approximate surface area is 124 Å². The molecule has 21 heavy (non-hydrogen) atoms. The summed E-state index contributed by atoms with van der Waals surface area (Å²) >= 11 is 0. The van der Waals surface area contributed by atoms with Gasteiger partial charge in [0.05, 0.1) is 0 Å². The Hall–Kier alpha value is -1.04. The number of halogens is 4. The summed E-state index contributed by atoms with van der Waals surface area (Å²) < 4.78 is 59.9.